The smallest absolute Gasteiger partial charge is 0.147 e. The van der Waals surface area contributed by atoms with E-state index in [1.807, 2.05) is 18.5 Å². The number of aryl methyl sites for hydroxylation is 1. The molecule has 0 radical (unpaired) electrons. The Balaban J connectivity index is 1.95. The monoisotopic (exact) mass is 234 g/mol. The highest BCUT2D eigenvalue weighted by Crippen LogP contribution is 2.18. The molecule has 0 amide bonds. The highest BCUT2D eigenvalue weighted by Gasteiger charge is 2.08. The molecule has 16 heavy (non-hydrogen) atoms. The summed E-state index contributed by atoms with van der Waals surface area (Å²) in [6.07, 6.45) is 5.23. The van der Waals surface area contributed by atoms with E-state index in [1.165, 1.54) is 0 Å². The molecule has 0 aliphatic heterocycles. The molecule has 2 heterocycles. The van der Waals surface area contributed by atoms with Gasteiger partial charge < -0.3 is 5.32 Å². The molecular weight excluding hydrogens is 220 g/mol. The van der Waals surface area contributed by atoms with E-state index in [0.29, 0.717) is 5.92 Å². The van der Waals surface area contributed by atoms with Crippen LogP contribution in [0, 0.1) is 6.92 Å². The van der Waals surface area contributed by atoms with E-state index in [0.717, 1.165) is 23.1 Å². The van der Waals surface area contributed by atoms with Crippen LogP contribution >= 0.6 is 11.3 Å². The number of thiazole rings is 1. The molecule has 0 spiro atoms. The van der Waals surface area contributed by atoms with Crippen LogP contribution in [0.2, 0.25) is 0 Å². The number of rotatable bonds is 4. The van der Waals surface area contributed by atoms with Gasteiger partial charge >= 0.3 is 0 Å². The molecule has 1 atom stereocenters. The van der Waals surface area contributed by atoms with Crippen molar-refractivity contribution in [1.29, 1.82) is 0 Å². The van der Waals surface area contributed by atoms with Crippen molar-refractivity contribution in [3.8, 4) is 0 Å². The Morgan fingerprint density at radius 1 is 1.25 bits per heavy atom. The van der Waals surface area contributed by atoms with Gasteiger partial charge in [0.15, 0.2) is 0 Å². The standard InChI is InChI=1S/C11H14N4S/c1-8(11-14-5-6-16-11)7-15-10-9(2)12-3-4-13-10/h3-6,8H,7H2,1-2H3,(H,13,15). The minimum atomic E-state index is 0.390. The molecule has 1 N–H and O–H groups in total. The minimum absolute atomic E-state index is 0.390. The zero-order valence-corrected chi connectivity index (χ0v) is 10.2. The molecule has 2 rings (SSSR count). The third-order valence-electron chi connectivity index (χ3n) is 2.33. The van der Waals surface area contributed by atoms with Crippen molar-refractivity contribution in [2.24, 2.45) is 0 Å². The van der Waals surface area contributed by atoms with Crippen molar-refractivity contribution in [1.82, 2.24) is 15.0 Å². The van der Waals surface area contributed by atoms with Crippen molar-refractivity contribution >= 4 is 17.2 Å². The fourth-order valence-electron chi connectivity index (χ4n) is 1.40. The average molecular weight is 234 g/mol. The molecule has 0 bridgehead atoms. The molecule has 2 aromatic heterocycles. The minimum Gasteiger partial charge on any atom is -0.368 e. The topological polar surface area (TPSA) is 50.7 Å². The van der Waals surface area contributed by atoms with Crippen LogP contribution in [0.1, 0.15) is 23.5 Å². The molecule has 84 valence electrons. The first kappa shape index (κ1) is 11.0. The molecule has 0 aliphatic carbocycles. The van der Waals surface area contributed by atoms with Crippen LogP contribution in [0.15, 0.2) is 24.0 Å². The van der Waals surface area contributed by atoms with Gasteiger partial charge in [-0.2, -0.15) is 0 Å². The number of hydrogen-bond acceptors (Lipinski definition) is 5. The average Bonchev–Trinajstić information content (AvgIpc) is 2.81. The molecule has 0 aromatic carbocycles. The first-order chi connectivity index (χ1) is 7.77. The summed E-state index contributed by atoms with van der Waals surface area (Å²) >= 11 is 1.68. The lowest BCUT2D eigenvalue weighted by molar-refractivity contribution is 0.789. The number of nitrogens with zero attached hydrogens (tertiary/aromatic N) is 3. The molecule has 2 aromatic rings. The second-order valence-electron chi connectivity index (χ2n) is 3.64. The second-order valence-corrected chi connectivity index (χ2v) is 4.57. The van der Waals surface area contributed by atoms with E-state index in [1.54, 1.807) is 23.7 Å². The van der Waals surface area contributed by atoms with Crippen molar-refractivity contribution < 1.29 is 0 Å². The van der Waals surface area contributed by atoms with Gasteiger partial charge in [0.25, 0.3) is 0 Å². The Hall–Kier alpha value is -1.49. The third kappa shape index (κ3) is 2.55. The normalized spacial score (nSPS) is 12.4. The first-order valence-corrected chi connectivity index (χ1v) is 6.06. The van der Waals surface area contributed by atoms with Gasteiger partial charge in [0.2, 0.25) is 0 Å². The van der Waals surface area contributed by atoms with Crippen LogP contribution in [0.3, 0.4) is 0 Å². The summed E-state index contributed by atoms with van der Waals surface area (Å²) in [5, 5.41) is 6.44. The Morgan fingerprint density at radius 3 is 2.75 bits per heavy atom. The summed E-state index contributed by atoms with van der Waals surface area (Å²) in [7, 11) is 0. The van der Waals surface area contributed by atoms with E-state index >= 15 is 0 Å². The largest absolute Gasteiger partial charge is 0.368 e. The predicted octanol–water partition coefficient (Wildman–Crippen LogP) is 2.46. The summed E-state index contributed by atoms with van der Waals surface area (Å²) in [6.45, 7) is 4.92. The highest BCUT2D eigenvalue weighted by molar-refractivity contribution is 7.09. The Bertz CT molecular complexity index is 441. The maximum absolute atomic E-state index is 4.29. The highest BCUT2D eigenvalue weighted by atomic mass is 32.1. The van der Waals surface area contributed by atoms with Gasteiger partial charge in [-0.05, 0) is 6.92 Å². The van der Waals surface area contributed by atoms with Crippen molar-refractivity contribution in [2.75, 3.05) is 11.9 Å². The molecule has 4 nitrogen and oxygen atoms in total. The van der Waals surface area contributed by atoms with Crippen LogP contribution in [-0.2, 0) is 0 Å². The van der Waals surface area contributed by atoms with Gasteiger partial charge in [-0.1, -0.05) is 6.92 Å². The van der Waals surface area contributed by atoms with Crippen LogP contribution in [0.25, 0.3) is 0 Å². The number of nitrogens with one attached hydrogen (secondary N) is 1. The Kier molecular flexibility index (Phi) is 3.46. The zero-order valence-electron chi connectivity index (χ0n) is 9.34. The molecule has 1 unspecified atom stereocenters. The molecule has 0 saturated heterocycles. The van der Waals surface area contributed by atoms with Gasteiger partial charge in [-0.3, -0.25) is 4.98 Å². The first-order valence-electron chi connectivity index (χ1n) is 5.18. The molecule has 0 fully saturated rings. The van der Waals surface area contributed by atoms with E-state index < -0.39 is 0 Å². The summed E-state index contributed by atoms with van der Waals surface area (Å²) in [6, 6.07) is 0. The lowest BCUT2D eigenvalue weighted by Gasteiger charge is -2.11. The second kappa shape index (κ2) is 5.03. The van der Waals surface area contributed by atoms with Crippen molar-refractivity contribution in [3.63, 3.8) is 0 Å². The quantitative estimate of drug-likeness (QED) is 0.883. The predicted molar refractivity (Wildman–Crippen MR) is 65.8 cm³/mol. The Morgan fingerprint density at radius 2 is 2.06 bits per heavy atom. The molecule has 5 heteroatoms. The van der Waals surface area contributed by atoms with Crippen molar-refractivity contribution in [2.45, 2.75) is 19.8 Å². The summed E-state index contributed by atoms with van der Waals surface area (Å²) < 4.78 is 0. The van der Waals surface area contributed by atoms with Gasteiger partial charge in [-0.15, -0.1) is 11.3 Å². The van der Waals surface area contributed by atoms with E-state index in [-0.39, 0.29) is 0 Å². The van der Waals surface area contributed by atoms with E-state index in [9.17, 15) is 0 Å². The van der Waals surface area contributed by atoms with Gasteiger partial charge in [0.1, 0.15) is 5.82 Å². The summed E-state index contributed by atoms with van der Waals surface area (Å²) in [5.41, 5.74) is 0.925. The maximum Gasteiger partial charge on any atom is 0.147 e. The molecule has 0 saturated carbocycles. The molecular formula is C11H14N4S. The Labute approximate surface area is 98.8 Å². The summed E-state index contributed by atoms with van der Waals surface area (Å²) in [4.78, 5) is 12.7. The lowest BCUT2D eigenvalue weighted by Crippen LogP contribution is -2.11. The van der Waals surface area contributed by atoms with Crippen LogP contribution < -0.4 is 5.32 Å². The number of hydrogen-bond donors (Lipinski definition) is 1. The van der Waals surface area contributed by atoms with Crippen LogP contribution in [-0.4, -0.2) is 21.5 Å². The van der Waals surface area contributed by atoms with Gasteiger partial charge in [-0.25, -0.2) is 9.97 Å². The van der Waals surface area contributed by atoms with Crippen LogP contribution in [0.5, 0.6) is 0 Å². The van der Waals surface area contributed by atoms with Gasteiger partial charge in [0.05, 0.1) is 10.7 Å². The number of aromatic nitrogens is 3. The maximum atomic E-state index is 4.29. The van der Waals surface area contributed by atoms with E-state index in [2.05, 4.69) is 27.2 Å². The fourth-order valence-corrected chi connectivity index (χ4v) is 2.09. The third-order valence-corrected chi connectivity index (χ3v) is 3.34. The lowest BCUT2D eigenvalue weighted by atomic mass is 10.2. The fraction of sp³-hybridized carbons (Fsp3) is 0.364. The van der Waals surface area contributed by atoms with Gasteiger partial charge in [0, 0.05) is 36.4 Å². The van der Waals surface area contributed by atoms with Crippen LogP contribution in [0.4, 0.5) is 5.82 Å². The summed E-state index contributed by atoms with van der Waals surface area (Å²) in [5.74, 6) is 1.24. The van der Waals surface area contributed by atoms with E-state index in [4.69, 9.17) is 0 Å². The molecule has 0 aliphatic rings. The van der Waals surface area contributed by atoms with Crippen molar-refractivity contribution in [3.05, 3.63) is 34.7 Å². The number of anilines is 1. The zero-order chi connectivity index (χ0) is 11.4. The SMILES string of the molecule is Cc1nccnc1NCC(C)c1nccs1.